The zero-order chi connectivity index (χ0) is 29.5. The van der Waals surface area contributed by atoms with Crippen molar-refractivity contribution in [1.82, 2.24) is 0 Å². The van der Waals surface area contributed by atoms with Crippen LogP contribution in [0.1, 0.15) is 113 Å². The third-order valence-electron chi connectivity index (χ3n) is 14.1. The van der Waals surface area contributed by atoms with E-state index < -0.39 is 16.8 Å². The van der Waals surface area contributed by atoms with Gasteiger partial charge in [0.05, 0.1) is 5.41 Å². The van der Waals surface area contributed by atoms with E-state index in [2.05, 4.69) is 41.2 Å². The van der Waals surface area contributed by atoms with E-state index in [1.807, 2.05) is 0 Å². The van der Waals surface area contributed by atoms with Crippen LogP contribution >= 0.6 is 0 Å². The molecule has 5 aliphatic carbocycles. The van der Waals surface area contributed by atoms with Gasteiger partial charge in [-0.05, 0) is 117 Å². The molecule has 40 heavy (non-hydrogen) atoms. The number of carbonyl (C=O) groups is 3. The van der Waals surface area contributed by atoms with Gasteiger partial charge in [-0.15, -0.1) is 0 Å². The number of hydrogen-bond acceptors (Lipinski definition) is 5. The molecule has 6 nitrogen and oxygen atoms in total. The maximum Gasteiger partial charge on any atom is 0.309 e. The Labute approximate surface area is 241 Å². The highest BCUT2D eigenvalue weighted by Gasteiger charge is 2.72. The van der Waals surface area contributed by atoms with Crippen LogP contribution in [-0.4, -0.2) is 35.7 Å². The zero-order valence-corrected chi connectivity index (χ0v) is 25.9. The maximum absolute atomic E-state index is 12.9. The highest BCUT2D eigenvalue weighted by Crippen LogP contribution is 2.77. The summed E-state index contributed by atoms with van der Waals surface area (Å²) in [5.74, 6) is 0.436. The van der Waals surface area contributed by atoms with E-state index in [4.69, 9.17) is 9.47 Å². The minimum absolute atomic E-state index is 0.0251. The highest BCUT2D eigenvalue weighted by atomic mass is 16.6. The Kier molecular flexibility index (Phi) is 7.11. The molecular weight excluding hydrogens is 504 g/mol. The van der Waals surface area contributed by atoms with E-state index in [1.165, 1.54) is 13.8 Å². The lowest BCUT2D eigenvalue weighted by Crippen LogP contribution is -2.68. The molecule has 6 heteroatoms. The van der Waals surface area contributed by atoms with Crippen molar-refractivity contribution in [1.29, 1.82) is 0 Å². The standard InChI is InChI=1S/C34H52O6/c1-20(2)23-11-16-34(29(37)38)18-17-32(7)24(28(23)34)9-10-26-30(5)14-13-27(40-22(4)36)31(6,19-39-21(3)35)25(30)12-15-33(26,32)8/h23-28H,1,9-19H2,2-8H3,(H,37,38)/t23?,24?,25?,26?,27-,28?,30-,31-,32+,33+,34-/m0/s1. The topological polar surface area (TPSA) is 89.9 Å². The van der Waals surface area contributed by atoms with E-state index in [1.54, 1.807) is 0 Å². The Bertz CT molecular complexity index is 1100. The van der Waals surface area contributed by atoms with Crippen LogP contribution in [0, 0.1) is 56.7 Å². The van der Waals surface area contributed by atoms with Gasteiger partial charge in [0.25, 0.3) is 0 Å². The number of esters is 2. The molecule has 0 saturated heterocycles. The first-order valence-electron chi connectivity index (χ1n) is 15.8. The average molecular weight is 557 g/mol. The van der Waals surface area contributed by atoms with Crippen LogP contribution < -0.4 is 0 Å². The van der Waals surface area contributed by atoms with Crippen LogP contribution in [0.2, 0.25) is 0 Å². The smallest absolute Gasteiger partial charge is 0.309 e. The van der Waals surface area contributed by atoms with Gasteiger partial charge in [-0.3, -0.25) is 14.4 Å². The summed E-state index contributed by atoms with van der Waals surface area (Å²) >= 11 is 0. The van der Waals surface area contributed by atoms with Crippen LogP contribution in [-0.2, 0) is 23.9 Å². The number of fused-ring (bicyclic) bond motifs is 7. The lowest BCUT2D eigenvalue weighted by Gasteiger charge is -2.72. The average Bonchev–Trinajstić information content (AvgIpc) is 3.26. The first kappa shape index (κ1) is 29.6. The molecule has 0 bridgehead atoms. The van der Waals surface area contributed by atoms with E-state index in [0.717, 1.165) is 69.8 Å². The summed E-state index contributed by atoms with van der Waals surface area (Å²) in [7, 11) is 0. The second-order valence-corrected chi connectivity index (χ2v) is 15.6. The van der Waals surface area contributed by atoms with Crippen molar-refractivity contribution in [2.75, 3.05) is 6.61 Å². The number of hydrogen-bond donors (Lipinski definition) is 1. The van der Waals surface area contributed by atoms with Crippen LogP contribution in [0.4, 0.5) is 0 Å². The third kappa shape index (κ3) is 3.89. The Hall–Kier alpha value is -1.85. The molecule has 5 aliphatic rings. The van der Waals surface area contributed by atoms with Gasteiger partial charge in [0.15, 0.2) is 0 Å². The van der Waals surface area contributed by atoms with Gasteiger partial charge in [-0.1, -0.05) is 39.8 Å². The zero-order valence-electron chi connectivity index (χ0n) is 25.9. The molecule has 0 heterocycles. The highest BCUT2D eigenvalue weighted by molar-refractivity contribution is 5.76. The summed E-state index contributed by atoms with van der Waals surface area (Å²) in [4.78, 5) is 36.9. The van der Waals surface area contributed by atoms with Crippen LogP contribution in [0.25, 0.3) is 0 Å². The van der Waals surface area contributed by atoms with E-state index in [0.29, 0.717) is 17.8 Å². The molecule has 224 valence electrons. The number of aliphatic carboxylic acids is 1. The molecule has 0 aromatic carbocycles. The van der Waals surface area contributed by atoms with Gasteiger partial charge in [0, 0.05) is 19.3 Å². The quantitative estimate of drug-likeness (QED) is 0.284. The fourth-order valence-corrected chi connectivity index (χ4v) is 12.2. The van der Waals surface area contributed by atoms with Crippen molar-refractivity contribution in [3.63, 3.8) is 0 Å². The van der Waals surface area contributed by atoms with Crippen molar-refractivity contribution >= 4 is 17.9 Å². The minimum Gasteiger partial charge on any atom is -0.481 e. The molecule has 5 unspecified atom stereocenters. The molecule has 0 aliphatic heterocycles. The number of carboxylic acid groups (broad SMARTS) is 1. The molecular formula is C34H52O6. The molecule has 0 aromatic heterocycles. The molecule has 5 fully saturated rings. The number of carboxylic acids is 1. The predicted octanol–water partition coefficient (Wildman–Crippen LogP) is 7.20. The summed E-state index contributed by atoms with van der Waals surface area (Å²) in [6.45, 7) is 19.4. The molecule has 0 aromatic rings. The van der Waals surface area contributed by atoms with Gasteiger partial charge in [-0.25, -0.2) is 0 Å². The third-order valence-corrected chi connectivity index (χ3v) is 14.1. The fraction of sp³-hybridized carbons (Fsp3) is 0.853. The Morgan fingerprint density at radius 2 is 1.50 bits per heavy atom. The number of carbonyl (C=O) groups excluding carboxylic acids is 2. The monoisotopic (exact) mass is 556 g/mol. The second kappa shape index (κ2) is 9.59. The van der Waals surface area contributed by atoms with Gasteiger partial charge < -0.3 is 14.6 Å². The van der Waals surface area contributed by atoms with Crippen molar-refractivity contribution in [2.24, 2.45) is 56.7 Å². The second-order valence-electron chi connectivity index (χ2n) is 15.6. The molecule has 0 radical (unpaired) electrons. The van der Waals surface area contributed by atoms with Gasteiger partial charge in [-0.2, -0.15) is 0 Å². The molecule has 11 atom stereocenters. The lowest BCUT2D eigenvalue weighted by molar-refractivity contribution is -0.257. The summed E-state index contributed by atoms with van der Waals surface area (Å²) in [5.41, 5.74) is 0.283. The summed E-state index contributed by atoms with van der Waals surface area (Å²) in [6.07, 6.45) is 9.20. The van der Waals surface area contributed by atoms with Crippen LogP contribution in [0.5, 0.6) is 0 Å². The minimum atomic E-state index is -0.608. The molecule has 1 N–H and O–H groups in total. The van der Waals surface area contributed by atoms with E-state index in [9.17, 15) is 19.5 Å². The van der Waals surface area contributed by atoms with Crippen molar-refractivity contribution < 1.29 is 29.0 Å². The molecule has 5 saturated carbocycles. The Morgan fingerprint density at radius 3 is 2.10 bits per heavy atom. The summed E-state index contributed by atoms with van der Waals surface area (Å²) in [5, 5.41) is 10.6. The SMILES string of the molecule is C=C(C)C1CC[C@]2(C(=O)O)CC[C@]3(C)C(CCC4[C@@]5(C)CC[C@H](OC(C)=O)[C@@](C)(COC(C)=O)C5CC[C@]43C)C12. The van der Waals surface area contributed by atoms with Gasteiger partial charge in [0.2, 0.25) is 0 Å². The molecule has 0 amide bonds. The van der Waals surface area contributed by atoms with Crippen LogP contribution in [0.15, 0.2) is 12.2 Å². The van der Waals surface area contributed by atoms with Gasteiger partial charge in [0.1, 0.15) is 12.7 Å². The van der Waals surface area contributed by atoms with E-state index in [-0.39, 0.29) is 52.7 Å². The molecule has 5 rings (SSSR count). The van der Waals surface area contributed by atoms with Gasteiger partial charge >= 0.3 is 17.9 Å². The predicted molar refractivity (Wildman–Crippen MR) is 153 cm³/mol. The first-order valence-corrected chi connectivity index (χ1v) is 15.8. The van der Waals surface area contributed by atoms with Crippen LogP contribution in [0.3, 0.4) is 0 Å². The summed E-state index contributed by atoms with van der Waals surface area (Å²) < 4.78 is 11.6. The maximum atomic E-state index is 12.9. The normalized spacial score (nSPS) is 49.5. The molecule has 0 spiro atoms. The summed E-state index contributed by atoms with van der Waals surface area (Å²) in [6, 6.07) is 0. The van der Waals surface area contributed by atoms with Crippen molar-refractivity contribution in [2.45, 2.75) is 119 Å². The number of allylic oxidation sites excluding steroid dienone is 1. The largest absolute Gasteiger partial charge is 0.481 e. The van der Waals surface area contributed by atoms with E-state index >= 15 is 0 Å². The number of ether oxygens (including phenoxy) is 2. The first-order chi connectivity index (χ1) is 18.6. The lowest BCUT2D eigenvalue weighted by atomic mass is 9.32. The fourth-order valence-electron chi connectivity index (χ4n) is 12.2. The Balaban J connectivity index is 1.53. The van der Waals surface area contributed by atoms with Crippen molar-refractivity contribution in [3.8, 4) is 0 Å². The Morgan fingerprint density at radius 1 is 0.800 bits per heavy atom. The van der Waals surface area contributed by atoms with Crippen molar-refractivity contribution in [3.05, 3.63) is 12.2 Å². The number of rotatable bonds is 5.